The van der Waals surface area contributed by atoms with Crippen LogP contribution in [0.25, 0.3) is 22.3 Å². The molecular formula is C80H56N2O6. The van der Waals surface area contributed by atoms with Crippen molar-refractivity contribution in [2.45, 2.75) is 0 Å². The minimum atomic E-state index is -0.197. The zero-order valence-electron chi connectivity index (χ0n) is 47.7. The van der Waals surface area contributed by atoms with Gasteiger partial charge in [-0.3, -0.25) is 9.59 Å². The maximum absolute atomic E-state index is 14.8. The molecule has 8 heteroatoms. The van der Waals surface area contributed by atoms with E-state index in [0.29, 0.717) is 45.3 Å². The number of hydrogen-bond acceptors (Lipinski definition) is 8. The van der Waals surface area contributed by atoms with Crippen LogP contribution in [0.1, 0.15) is 31.8 Å². The average molecular weight is 1140 g/mol. The molecule has 0 amide bonds. The molecule has 13 aromatic rings. The van der Waals surface area contributed by atoms with Gasteiger partial charge in [0.2, 0.25) is 0 Å². The molecule has 0 aliphatic heterocycles. The van der Waals surface area contributed by atoms with Crippen molar-refractivity contribution in [1.82, 2.24) is 0 Å². The minimum Gasteiger partial charge on any atom is -0.457 e. The Morgan fingerprint density at radius 3 is 0.716 bits per heavy atom. The van der Waals surface area contributed by atoms with E-state index in [1.165, 1.54) is 0 Å². The third kappa shape index (κ3) is 12.7. The molecule has 422 valence electrons. The lowest BCUT2D eigenvalue weighted by Crippen LogP contribution is -2.10. The molecule has 0 heterocycles. The van der Waals surface area contributed by atoms with Crippen molar-refractivity contribution in [2.75, 3.05) is 9.80 Å². The first kappa shape index (κ1) is 55.2. The first-order valence-corrected chi connectivity index (χ1v) is 28.9. The quantitative estimate of drug-likeness (QED) is 0.0699. The van der Waals surface area contributed by atoms with Gasteiger partial charge in [0.25, 0.3) is 0 Å². The molecule has 0 saturated heterocycles. The number of hydrogen-bond donors (Lipinski definition) is 0. The van der Waals surface area contributed by atoms with Crippen molar-refractivity contribution >= 4 is 45.7 Å². The third-order valence-electron chi connectivity index (χ3n) is 14.9. The van der Waals surface area contributed by atoms with Gasteiger partial charge in [-0.15, -0.1) is 0 Å². The van der Waals surface area contributed by atoms with Crippen LogP contribution < -0.4 is 28.7 Å². The summed E-state index contributed by atoms with van der Waals surface area (Å²) in [7, 11) is 0. The summed E-state index contributed by atoms with van der Waals surface area (Å²) in [5.74, 6) is 5.48. The molecule has 0 bridgehead atoms. The average Bonchev–Trinajstić information content (AvgIpc) is 3.72. The highest BCUT2D eigenvalue weighted by atomic mass is 16.5. The summed E-state index contributed by atoms with van der Waals surface area (Å²) < 4.78 is 24.6. The van der Waals surface area contributed by atoms with Gasteiger partial charge in [0.15, 0.2) is 11.6 Å². The van der Waals surface area contributed by atoms with Gasteiger partial charge >= 0.3 is 0 Å². The van der Waals surface area contributed by atoms with E-state index in [2.05, 4.69) is 34.1 Å². The predicted octanol–water partition coefficient (Wildman–Crippen LogP) is 21.6. The Morgan fingerprint density at radius 2 is 0.443 bits per heavy atom. The van der Waals surface area contributed by atoms with E-state index in [0.717, 1.165) is 79.4 Å². The molecule has 8 nitrogen and oxygen atoms in total. The highest BCUT2D eigenvalue weighted by Crippen LogP contribution is 2.41. The summed E-state index contributed by atoms with van der Waals surface area (Å²) in [6.45, 7) is 0. The second kappa shape index (κ2) is 25.9. The normalized spacial score (nSPS) is 10.8. The summed E-state index contributed by atoms with van der Waals surface area (Å²) in [6, 6.07) is 109. The molecule has 13 rings (SSSR count). The zero-order valence-corrected chi connectivity index (χ0v) is 47.7. The Kier molecular flexibility index (Phi) is 16.2. The highest BCUT2D eigenvalue weighted by molar-refractivity contribution is 6.16. The molecule has 88 heavy (non-hydrogen) atoms. The predicted molar refractivity (Wildman–Crippen MR) is 352 cm³/mol. The Morgan fingerprint density at radius 1 is 0.216 bits per heavy atom. The molecule has 0 atom stereocenters. The van der Waals surface area contributed by atoms with Gasteiger partial charge in [-0.1, -0.05) is 164 Å². The fraction of sp³-hybridized carbons (Fsp3) is 0. The van der Waals surface area contributed by atoms with Gasteiger partial charge in [-0.2, -0.15) is 0 Å². The van der Waals surface area contributed by atoms with Crippen molar-refractivity contribution in [3.8, 4) is 68.2 Å². The summed E-state index contributed by atoms with van der Waals surface area (Å²) in [5, 5.41) is 0. The maximum Gasteiger partial charge on any atom is 0.193 e. The van der Waals surface area contributed by atoms with Crippen LogP contribution in [0.4, 0.5) is 34.1 Å². The molecule has 0 spiro atoms. The molecule has 13 aromatic carbocycles. The molecule has 0 aliphatic rings. The standard InChI is InChI=1S/C80H56N2O6/c83-79(77-30-15-13-28-75(77)57-32-36-61(37-33-57)81(63-40-48-71(49-41-63)85-67-20-5-1-6-21-67)64-42-50-72(51-43-64)86-68-22-7-2-8-23-68)59-18-17-19-60(56-59)80(84)78-31-16-14-29-76(78)58-34-38-62(39-35-58)82(65-44-52-73(53-45-65)87-69-24-9-3-10-25-69)66-46-54-74(55-47-66)88-70-26-11-4-12-27-70/h1-56H. The number of ketones is 2. The maximum atomic E-state index is 14.8. The summed E-state index contributed by atoms with van der Waals surface area (Å²) in [6.07, 6.45) is 0. The number of nitrogens with zero attached hydrogens (tertiary/aromatic N) is 2. The fourth-order valence-corrected chi connectivity index (χ4v) is 10.6. The second-order valence-corrected chi connectivity index (χ2v) is 20.7. The van der Waals surface area contributed by atoms with E-state index in [4.69, 9.17) is 18.9 Å². The lowest BCUT2D eigenvalue weighted by Gasteiger charge is -2.26. The molecule has 0 fully saturated rings. The molecule has 0 radical (unpaired) electrons. The van der Waals surface area contributed by atoms with E-state index in [-0.39, 0.29) is 11.6 Å². The Hall–Kier alpha value is -12.0. The van der Waals surface area contributed by atoms with Crippen LogP contribution in [-0.2, 0) is 0 Å². The van der Waals surface area contributed by atoms with Gasteiger partial charge in [0.1, 0.15) is 46.0 Å². The summed E-state index contributed by atoms with van der Waals surface area (Å²) in [4.78, 5) is 33.9. The fourth-order valence-electron chi connectivity index (χ4n) is 10.6. The molecule has 0 unspecified atom stereocenters. The van der Waals surface area contributed by atoms with E-state index in [9.17, 15) is 9.59 Å². The van der Waals surface area contributed by atoms with Crippen molar-refractivity contribution in [3.63, 3.8) is 0 Å². The van der Waals surface area contributed by atoms with Crippen LogP contribution in [0, 0.1) is 0 Å². The largest absolute Gasteiger partial charge is 0.457 e. The number of ether oxygens (including phenoxy) is 4. The summed E-state index contributed by atoms with van der Waals surface area (Å²) in [5.41, 5.74) is 10.6. The number of benzene rings is 13. The van der Waals surface area contributed by atoms with Crippen LogP contribution in [0.5, 0.6) is 46.0 Å². The van der Waals surface area contributed by atoms with Crippen molar-refractivity contribution in [2.24, 2.45) is 0 Å². The van der Waals surface area contributed by atoms with Gasteiger partial charge < -0.3 is 28.7 Å². The van der Waals surface area contributed by atoms with E-state index >= 15 is 0 Å². The third-order valence-corrected chi connectivity index (χ3v) is 14.9. The van der Waals surface area contributed by atoms with E-state index in [1.807, 2.05) is 291 Å². The Bertz CT molecular complexity index is 4010. The van der Waals surface area contributed by atoms with Gasteiger partial charge in [-0.05, 0) is 198 Å². The van der Waals surface area contributed by atoms with Crippen LogP contribution in [0.15, 0.2) is 340 Å². The SMILES string of the molecule is O=C(c1cccc(C(=O)c2ccccc2-c2ccc(N(c3ccc(Oc4ccccc4)cc3)c3ccc(Oc4ccccc4)cc3)cc2)c1)c1ccccc1-c1ccc(N(c2ccc(Oc3ccccc3)cc2)c2ccc(Oc3ccccc3)cc2)cc1. The second-order valence-electron chi connectivity index (χ2n) is 20.7. The lowest BCUT2D eigenvalue weighted by molar-refractivity contribution is 0.103. The lowest BCUT2D eigenvalue weighted by atomic mass is 9.90. The van der Waals surface area contributed by atoms with Crippen molar-refractivity contribution < 1.29 is 28.5 Å². The van der Waals surface area contributed by atoms with Crippen LogP contribution in [0.2, 0.25) is 0 Å². The molecule has 0 aliphatic carbocycles. The number of anilines is 6. The van der Waals surface area contributed by atoms with E-state index in [1.54, 1.807) is 24.3 Å². The topological polar surface area (TPSA) is 77.5 Å². The Labute approximate surface area is 511 Å². The minimum absolute atomic E-state index is 0.197. The van der Waals surface area contributed by atoms with Crippen LogP contribution in [0.3, 0.4) is 0 Å². The molecular weight excluding hydrogens is 1080 g/mol. The monoisotopic (exact) mass is 1140 g/mol. The van der Waals surface area contributed by atoms with Gasteiger partial charge in [-0.25, -0.2) is 0 Å². The summed E-state index contributed by atoms with van der Waals surface area (Å²) >= 11 is 0. The van der Waals surface area contributed by atoms with Crippen molar-refractivity contribution in [3.05, 3.63) is 362 Å². The van der Waals surface area contributed by atoms with Crippen LogP contribution in [-0.4, -0.2) is 11.6 Å². The molecule has 0 N–H and O–H groups in total. The van der Waals surface area contributed by atoms with Gasteiger partial charge in [0, 0.05) is 56.4 Å². The van der Waals surface area contributed by atoms with Crippen LogP contribution >= 0.6 is 0 Å². The zero-order chi connectivity index (χ0) is 59.4. The number of para-hydroxylation sites is 4. The van der Waals surface area contributed by atoms with Crippen molar-refractivity contribution in [1.29, 1.82) is 0 Å². The molecule has 0 aromatic heterocycles. The first-order chi connectivity index (χ1) is 43.4. The van der Waals surface area contributed by atoms with Gasteiger partial charge in [0.05, 0.1) is 0 Å². The smallest absolute Gasteiger partial charge is 0.193 e. The highest BCUT2D eigenvalue weighted by Gasteiger charge is 2.22. The number of carbonyl (C=O) groups is 2. The number of rotatable bonds is 20. The van der Waals surface area contributed by atoms with E-state index < -0.39 is 0 Å². The number of carbonyl (C=O) groups excluding carboxylic acids is 2. The first-order valence-electron chi connectivity index (χ1n) is 28.9. The molecule has 0 saturated carbocycles. The Balaban J connectivity index is 0.752.